The number of nitriles is 1. The van der Waals surface area contributed by atoms with Gasteiger partial charge >= 0.3 is 11.9 Å². The Morgan fingerprint density at radius 1 is 1.17 bits per heavy atom. The Bertz CT molecular complexity index is 964. The number of carbonyl (C=O) groups is 2. The van der Waals surface area contributed by atoms with Gasteiger partial charge in [0.2, 0.25) is 0 Å². The van der Waals surface area contributed by atoms with Gasteiger partial charge in [0, 0.05) is 0 Å². The first kappa shape index (κ1) is 20.5. The Labute approximate surface area is 167 Å². The molecule has 1 fully saturated rings. The molecule has 2 aromatic heterocycles. The molecular formula is C19H23N5O5. The molecule has 4 atom stereocenters. The lowest BCUT2D eigenvalue weighted by atomic mass is 10.0. The predicted octanol–water partition coefficient (Wildman–Crippen LogP) is 1.41. The zero-order valence-corrected chi connectivity index (χ0v) is 16.6. The Morgan fingerprint density at radius 2 is 1.79 bits per heavy atom. The van der Waals surface area contributed by atoms with E-state index in [1.807, 2.05) is 6.07 Å². The van der Waals surface area contributed by atoms with E-state index in [4.69, 9.17) is 19.9 Å². The number of hydrogen-bond acceptors (Lipinski definition) is 9. The minimum Gasteiger partial charge on any atom is -0.455 e. The second-order valence-corrected chi connectivity index (χ2v) is 7.42. The number of hydrogen-bond donors (Lipinski definition) is 1. The van der Waals surface area contributed by atoms with E-state index in [-0.39, 0.29) is 5.82 Å². The summed E-state index contributed by atoms with van der Waals surface area (Å²) < 4.78 is 18.5. The summed E-state index contributed by atoms with van der Waals surface area (Å²) in [5.74, 6) is -1.59. The van der Waals surface area contributed by atoms with Crippen molar-refractivity contribution in [1.29, 1.82) is 5.26 Å². The molecule has 3 heterocycles. The van der Waals surface area contributed by atoms with E-state index in [9.17, 15) is 14.9 Å². The first-order valence-electron chi connectivity index (χ1n) is 9.28. The summed E-state index contributed by atoms with van der Waals surface area (Å²) in [7, 11) is 0. The Balaban J connectivity index is 2.03. The molecule has 0 amide bonds. The Kier molecular flexibility index (Phi) is 5.70. The van der Waals surface area contributed by atoms with Gasteiger partial charge in [0.05, 0.1) is 23.6 Å². The van der Waals surface area contributed by atoms with Gasteiger partial charge < -0.3 is 19.9 Å². The van der Waals surface area contributed by atoms with Gasteiger partial charge in [-0.15, -0.1) is 0 Å². The molecule has 0 aliphatic carbocycles. The summed E-state index contributed by atoms with van der Waals surface area (Å²) >= 11 is 0. The summed E-state index contributed by atoms with van der Waals surface area (Å²) in [5.41, 5.74) is 6.92. The van der Waals surface area contributed by atoms with Gasteiger partial charge in [0.1, 0.15) is 17.9 Å². The topological polar surface area (TPSA) is 142 Å². The number of anilines is 1. The van der Waals surface area contributed by atoms with Crippen molar-refractivity contribution in [3.05, 3.63) is 24.2 Å². The standard InChI is InChI=1S/C19H23N5O5/c1-9(2)18(25)28-15-13(7-20)27-14(16(15)29-19(26)10(3)4)11-5-6-12-17(21)22-8-23-24(11)12/h5-6,8-10,13-16H,1-4H3,(H2,21,22,23). The van der Waals surface area contributed by atoms with Crippen LogP contribution in [-0.4, -0.2) is 44.8 Å². The van der Waals surface area contributed by atoms with Gasteiger partial charge in [-0.05, 0) is 12.1 Å². The van der Waals surface area contributed by atoms with Crippen molar-refractivity contribution in [1.82, 2.24) is 14.6 Å². The Hall–Kier alpha value is -3.19. The number of nitrogens with zero attached hydrogens (tertiary/aromatic N) is 4. The predicted molar refractivity (Wildman–Crippen MR) is 100 cm³/mol. The SMILES string of the molecule is CC(C)C(=O)OC1C(C#N)OC(c2ccc3c(N)ncnn23)C1OC(=O)C(C)C. The largest absolute Gasteiger partial charge is 0.455 e. The maximum absolute atomic E-state index is 12.3. The second-order valence-electron chi connectivity index (χ2n) is 7.42. The molecule has 3 rings (SSSR count). The molecule has 10 heteroatoms. The van der Waals surface area contributed by atoms with Crippen molar-refractivity contribution in [2.75, 3.05) is 5.73 Å². The molecule has 0 aromatic carbocycles. The number of esters is 2. The monoisotopic (exact) mass is 401 g/mol. The van der Waals surface area contributed by atoms with Crippen LogP contribution in [0.1, 0.15) is 39.5 Å². The normalized spacial score (nSPS) is 24.0. The molecule has 4 unspecified atom stereocenters. The number of aromatic nitrogens is 3. The van der Waals surface area contributed by atoms with Gasteiger partial charge in [-0.3, -0.25) is 9.59 Å². The zero-order valence-electron chi connectivity index (χ0n) is 16.6. The summed E-state index contributed by atoms with van der Waals surface area (Å²) in [6.07, 6.45) is -2.81. The van der Waals surface area contributed by atoms with Crippen molar-refractivity contribution in [3.63, 3.8) is 0 Å². The molecule has 10 nitrogen and oxygen atoms in total. The average molecular weight is 401 g/mol. The minimum atomic E-state index is -1.11. The molecule has 0 bridgehead atoms. The molecule has 2 N–H and O–H groups in total. The molecule has 1 aliphatic heterocycles. The van der Waals surface area contributed by atoms with Crippen molar-refractivity contribution in [2.24, 2.45) is 11.8 Å². The maximum Gasteiger partial charge on any atom is 0.308 e. The quantitative estimate of drug-likeness (QED) is 0.736. The van der Waals surface area contributed by atoms with Crippen LogP contribution in [0.4, 0.5) is 5.82 Å². The fraction of sp³-hybridized carbons (Fsp3) is 0.526. The molecular weight excluding hydrogens is 378 g/mol. The molecule has 0 saturated carbocycles. The highest BCUT2D eigenvalue weighted by Gasteiger charge is 2.51. The highest BCUT2D eigenvalue weighted by Crippen LogP contribution is 2.38. The maximum atomic E-state index is 12.3. The minimum absolute atomic E-state index is 0.264. The van der Waals surface area contributed by atoms with Crippen molar-refractivity contribution < 1.29 is 23.8 Å². The summed E-state index contributed by atoms with van der Waals surface area (Å²) in [5, 5.41) is 13.7. The van der Waals surface area contributed by atoms with Crippen molar-refractivity contribution in [3.8, 4) is 6.07 Å². The lowest BCUT2D eigenvalue weighted by Gasteiger charge is -2.24. The first-order chi connectivity index (χ1) is 13.7. The van der Waals surface area contributed by atoms with Gasteiger partial charge in [-0.2, -0.15) is 10.4 Å². The van der Waals surface area contributed by atoms with E-state index in [0.717, 1.165) is 0 Å². The third-order valence-corrected chi connectivity index (χ3v) is 4.59. The number of nitrogen functional groups attached to an aromatic ring is 1. The molecule has 0 spiro atoms. The number of ether oxygens (including phenoxy) is 3. The lowest BCUT2D eigenvalue weighted by molar-refractivity contribution is -0.170. The van der Waals surface area contributed by atoms with Crippen molar-refractivity contribution >= 4 is 23.3 Å². The third kappa shape index (κ3) is 3.86. The van der Waals surface area contributed by atoms with Crippen molar-refractivity contribution in [2.45, 2.75) is 52.1 Å². The van der Waals surface area contributed by atoms with Crippen LogP contribution in [0.5, 0.6) is 0 Å². The van der Waals surface area contributed by atoms with E-state index in [0.29, 0.717) is 11.2 Å². The number of fused-ring (bicyclic) bond motifs is 1. The molecule has 29 heavy (non-hydrogen) atoms. The van der Waals surface area contributed by atoms with Crippen LogP contribution in [0.15, 0.2) is 18.5 Å². The number of rotatable bonds is 5. The van der Waals surface area contributed by atoms with Gasteiger partial charge in [0.15, 0.2) is 24.1 Å². The smallest absolute Gasteiger partial charge is 0.308 e. The van der Waals surface area contributed by atoms with Crippen LogP contribution in [0, 0.1) is 23.2 Å². The van der Waals surface area contributed by atoms with Gasteiger partial charge in [-0.25, -0.2) is 9.50 Å². The van der Waals surface area contributed by atoms with E-state index >= 15 is 0 Å². The van der Waals surface area contributed by atoms with Crippen LogP contribution >= 0.6 is 0 Å². The fourth-order valence-electron chi connectivity index (χ4n) is 2.99. The highest BCUT2D eigenvalue weighted by atomic mass is 16.6. The first-order valence-corrected chi connectivity index (χ1v) is 9.28. The van der Waals surface area contributed by atoms with Gasteiger partial charge in [-0.1, -0.05) is 27.7 Å². The van der Waals surface area contributed by atoms with Crippen LogP contribution < -0.4 is 5.73 Å². The van der Waals surface area contributed by atoms with Crippen LogP contribution in [-0.2, 0) is 23.8 Å². The molecule has 0 radical (unpaired) electrons. The molecule has 1 aliphatic rings. The zero-order chi connectivity index (χ0) is 21.3. The van der Waals surface area contributed by atoms with Crippen LogP contribution in [0.3, 0.4) is 0 Å². The summed E-state index contributed by atoms with van der Waals surface area (Å²) in [6, 6.07) is 5.38. The van der Waals surface area contributed by atoms with Crippen LogP contribution in [0.25, 0.3) is 5.52 Å². The number of nitrogens with two attached hydrogens (primary N) is 1. The van der Waals surface area contributed by atoms with E-state index in [1.165, 1.54) is 10.8 Å². The summed E-state index contributed by atoms with van der Waals surface area (Å²) in [6.45, 7) is 6.72. The van der Waals surface area contributed by atoms with E-state index in [1.54, 1.807) is 39.8 Å². The van der Waals surface area contributed by atoms with E-state index < -0.39 is 48.2 Å². The fourth-order valence-corrected chi connectivity index (χ4v) is 2.99. The number of carbonyl (C=O) groups excluding carboxylic acids is 2. The van der Waals surface area contributed by atoms with Crippen LogP contribution in [0.2, 0.25) is 0 Å². The molecule has 1 saturated heterocycles. The summed E-state index contributed by atoms with van der Waals surface area (Å²) in [4.78, 5) is 28.5. The lowest BCUT2D eigenvalue weighted by Crippen LogP contribution is -2.40. The Morgan fingerprint density at radius 3 is 2.38 bits per heavy atom. The molecule has 154 valence electrons. The van der Waals surface area contributed by atoms with E-state index in [2.05, 4.69) is 10.1 Å². The average Bonchev–Trinajstić information content (AvgIpc) is 3.24. The molecule has 2 aromatic rings. The highest BCUT2D eigenvalue weighted by molar-refractivity contribution is 5.73. The second kappa shape index (κ2) is 8.05. The third-order valence-electron chi connectivity index (χ3n) is 4.59. The van der Waals surface area contributed by atoms with Gasteiger partial charge in [0.25, 0.3) is 0 Å².